The van der Waals surface area contributed by atoms with E-state index in [4.69, 9.17) is 0 Å². The van der Waals surface area contributed by atoms with Gasteiger partial charge < -0.3 is 10.6 Å². The average molecular weight is 335 g/mol. The molecule has 0 aliphatic heterocycles. The average Bonchev–Trinajstić information content (AvgIpc) is 2.53. The molecule has 0 spiro atoms. The predicted molar refractivity (Wildman–Crippen MR) is 99.0 cm³/mol. The van der Waals surface area contributed by atoms with Crippen molar-refractivity contribution >= 4 is 28.4 Å². The summed E-state index contributed by atoms with van der Waals surface area (Å²) in [5.41, 5.74) is 2.34. The number of amides is 1. The molecule has 6 heteroatoms. The van der Waals surface area contributed by atoms with E-state index in [9.17, 15) is 4.79 Å². The lowest BCUT2D eigenvalue weighted by Crippen LogP contribution is -2.41. The number of pyridine rings is 1. The summed E-state index contributed by atoms with van der Waals surface area (Å²) in [7, 11) is 0. The van der Waals surface area contributed by atoms with Gasteiger partial charge in [-0.15, -0.1) is 0 Å². The van der Waals surface area contributed by atoms with Crippen molar-refractivity contribution in [3.8, 4) is 0 Å². The molecule has 2 heterocycles. The van der Waals surface area contributed by atoms with Crippen molar-refractivity contribution in [2.45, 2.75) is 33.2 Å². The van der Waals surface area contributed by atoms with E-state index in [0.717, 1.165) is 16.6 Å². The molecule has 2 N–H and O–H groups in total. The number of aromatic nitrogens is 3. The number of carbonyl (C=O) groups excluding carboxylic acids is 1. The fourth-order valence-electron chi connectivity index (χ4n) is 2.47. The third-order valence-electron chi connectivity index (χ3n) is 3.45. The first-order valence-corrected chi connectivity index (χ1v) is 8.11. The Morgan fingerprint density at radius 2 is 1.84 bits per heavy atom. The fraction of sp³-hybridized carbons (Fsp3) is 0.263. The zero-order valence-corrected chi connectivity index (χ0v) is 14.8. The van der Waals surface area contributed by atoms with Crippen LogP contribution in [0, 0.1) is 6.92 Å². The summed E-state index contributed by atoms with van der Waals surface area (Å²) in [5.74, 6) is 0.148. The molecule has 0 aliphatic rings. The molecule has 6 nitrogen and oxygen atoms in total. The molecule has 2 aromatic heterocycles. The summed E-state index contributed by atoms with van der Waals surface area (Å²) < 4.78 is 0. The van der Waals surface area contributed by atoms with Gasteiger partial charge in [-0.25, -0.2) is 9.97 Å². The van der Waals surface area contributed by atoms with Gasteiger partial charge >= 0.3 is 0 Å². The monoisotopic (exact) mass is 335 g/mol. The molecular weight excluding hydrogens is 314 g/mol. The number of para-hydroxylation sites is 1. The number of hydrogen-bond donors (Lipinski definition) is 2. The van der Waals surface area contributed by atoms with Crippen molar-refractivity contribution in [2.24, 2.45) is 0 Å². The lowest BCUT2D eigenvalue weighted by molar-refractivity contribution is 0.0914. The van der Waals surface area contributed by atoms with E-state index in [1.807, 2.05) is 58.0 Å². The van der Waals surface area contributed by atoms with Gasteiger partial charge in [0, 0.05) is 22.8 Å². The fourth-order valence-corrected chi connectivity index (χ4v) is 2.47. The summed E-state index contributed by atoms with van der Waals surface area (Å²) in [6.45, 7) is 7.63. The van der Waals surface area contributed by atoms with Crippen LogP contribution in [0.2, 0.25) is 0 Å². The molecule has 0 aliphatic carbocycles. The Morgan fingerprint density at radius 1 is 1.08 bits per heavy atom. The number of carbonyl (C=O) groups is 1. The van der Waals surface area contributed by atoms with E-state index in [1.165, 1.54) is 0 Å². The summed E-state index contributed by atoms with van der Waals surface area (Å²) in [4.78, 5) is 25.5. The standard InChI is InChI=1S/C19H21N5O/c1-12-11-15(17(25)24-19(2,3)4)23-18(21-12)22-14-9-5-7-13-8-6-10-20-16(13)14/h5-11H,1-4H3,(H,24,25)(H,21,22,23). The molecule has 3 rings (SSSR count). The lowest BCUT2D eigenvalue weighted by Gasteiger charge is -2.20. The molecule has 0 bridgehead atoms. The molecule has 0 saturated carbocycles. The maximum Gasteiger partial charge on any atom is 0.270 e. The van der Waals surface area contributed by atoms with Crippen molar-refractivity contribution in [3.63, 3.8) is 0 Å². The normalized spacial score (nSPS) is 11.4. The van der Waals surface area contributed by atoms with E-state index < -0.39 is 0 Å². The largest absolute Gasteiger partial charge is 0.346 e. The third-order valence-corrected chi connectivity index (χ3v) is 3.45. The minimum absolute atomic E-state index is 0.225. The highest BCUT2D eigenvalue weighted by Crippen LogP contribution is 2.23. The molecule has 3 aromatic rings. The Morgan fingerprint density at radius 3 is 2.60 bits per heavy atom. The molecule has 128 valence electrons. The predicted octanol–water partition coefficient (Wildman–Crippen LogP) is 3.61. The van der Waals surface area contributed by atoms with Crippen LogP contribution < -0.4 is 10.6 Å². The van der Waals surface area contributed by atoms with Gasteiger partial charge in [-0.3, -0.25) is 9.78 Å². The van der Waals surface area contributed by atoms with Crippen LogP contribution in [0.1, 0.15) is 37.0 Å². The van der Waals surface area contributed by atoms with Crippen LogP contribution in [0.15, 0.2) is 42.6 Å². The zero-order chi connectivity index (χ0) is 18.0. The molecule has 1 aromatic carbocycles. The Hall–Kier alpha value is -3.02. The Balaban J connectivity index is 1.94. The second-order valence-corrected chi connectivity index (χ2v) is 6.93. The van der Waals surface area contributed by atoms with E-state index in [0.29, 0.717) is 17.3 Å². The van der Waals surface area contributed by atoms with Gasteiger partial charge in [0.25, 0.3) is 5.91 Å². The van der Waals surface area contributed by atoms with Crippen LogP contribution >= 0.6 is 0 Å². The van der Waals surface area contributed by atoms with E-state index in [2.05, 4.69) is 25.6 Å². The van der Waals surface area contributed by atoms with Crippen LogP contribution in [-0.2, 0) is 0 Å². The highest BCUT2D eigenvalue weighted by Gasteiger charge is 2.17. The van der Waals surface area contributed by atoms with Crippen LogP contribution in [0.25, 0.3) is 10.9 Å². The Kier molecular flexibility index (Phi) is 4.35. The number of nitrogens with zero attached hydrogens (tertiary/aromatic N) is 3. The maximum atomic E-state index is 12.4. The van der Waals surface area contributed by atoms with Crippen LogP contribution in [0.3, 0.4) is 0 Å². The van der Waals surface area contributed by atoms with Crippen molar-refractivity contribution < 1.29 is 4.79 Å². The zero-order valence-electron chi connectivity index (χ0n) is 14.8. The second kappa shape index (κ2) is 6.47. The van der Waals surface area contributed by atoms with E-state index in [1.54, 1.807) is 12.3 Å². The maximum absolute atomic E-state index is 12.4. The SMILES string of the molecule is Cc1cc(C(=O)NC(C)(C)C)nc(Nc2cccc3cccnc23)n1. The first kappa shape index (κ1) is 16.8. The van der Waals surface area contributed by atoms with Crippen LogP contribution in [-0.4, -0.2) is 26.4 Å². The first-order valence-electron chi connectivity index (χ1n) is 8.11. The number of anilines is 2. The molecule has 0 atom stereocenters. The van der Waals surface area contributed by atoms with Crippen LogP contribution in [0.4, 0.5) is 11.6 Å². The molecule has 0 fully saturated rings. The van der Waals surface area contributed by atoms with Crippen molar-refractivity contribution in [1.82, 2.24) is 20.3 Å². The number of nitrogens with one attached hydrogen (secondary N) is 2. The van der Waals surface area contributed by atoms with Gasteiger partial charge in [0.05, 0.1) is 11.2 Å². The summed E-state index contributed by atoms with van der Waals surface area (Å²) >= 11 is 0. The summed E-state index contributed by atoms with van der Waals surface area (Å²) in [6.07, 6.45) is 1.74. The molecule has 0 radical (unpaired) electrons. The highest BCUT2D eigenvalue weighted by atomic mass is 16.2. The molecular formula is C19H21N5O. The first-order chi connectivity index (χ1) is 11.8. The van der Waals surface area contributed by atoms with E-state index >= 15 is 0 Å². The third kappa shape index (κ3) is 4.09. The molecule has 25 heavy (non-hydrogen) atoms. The van der Waals surface area contributed by atoms with Crippen molar-refractivity contribution in [2.75, 3.05) is 5.32 Å². The smallest absolute Gasteiger partial charge is 0.270 e. The number of rotatable bonds is 3. The molecule has 0 unspecified atom stereocenters. The van der Waals surface area contributed by atoms with Gasteiger partial charge in [-0.2, -0.15) is 0 Å². The Labute approximate surface area is 146 Å². The quantitative estimate of drug-likeness (QED) is 0.764. The van der Waals surface area contributed by atoms with Crippen molar-refractivity contribution in [1.29, 1.82) is 0 Å². The molecule has 0 saturated heterocycles. The van der Waals surface area contributed by atoms with Crippen LogP contribution in [0.5, 0.6) is 0 Å². The molecule has 1 amide bonds. The number of fused-ring (bicyclic) bond motifs is 1. The lowest BCUT2D eigenvalue weighted by atomic mass is 10.1. The van der Waals surface area contributed by atoms with Gasteiger partial charge in [-0.1, -0.05) is 18.2 Å². The highest BCUT2D eigenvalue weighted by molar-refractivity contribution is 5.94. The Bertz CT molecular complexity index is 925. The van der Waals surface area contributed by atoms with E-state index in [-0.39, 0.29) is 11.4 Å². The van der Waals surface area contributed by atoms with Gasteiger partial charge in [0.1, 0.15) is 5.69 Å². The topological polar surface area (TPSA) is 79.8 Å². The van der Waals surface area contributed by atoms with Gasteiger partial charge in [0.2, 0.25) is 5.95 Å². The van der Waals surface area contributed by atoms with Crippen molar-refractivity contribution in [3.05, 3.63) is 54.0 Å². The minimum atomic E-state index is -0.330. The van der Waals surface area contributed by atoms with Gasteiger partial charge in [-0.05, 0) is 45.9 Å². The number of hydrogen-bond acceptors (Lipinski definition) is 5. The number of benzene rings is 1. The summed E-state index contributed by atoms with van der Waals surface area (Å²) in [6, 6.07) is 11.4. The minimum Gasteiger partial charge on any atom is -0.346 e. The van der Waals surface area contributed by atoms with Gasteiger partial charge in [0.15, 0.2) is 0 Å². The number of aryl methyl sites for hydroxylation is 1. The summed E-state index contributed by atoms with van der Waals surface area (Å²) in [5, 5.41) is 7.11. The second-order valence-electron chi connectivity index (χ2n) is 6.93.